The van der Waals surface area contributed by atoms with Crippen LogP contribution in [0.5, 0.6) is 5.88 Å². The Bertz CT molecular complexity index is 664. The van der Waals surface area contributed by atoms with Crippen molar-refractivity contribution in [2.24, 2.45) is 11.7 Å². The molecule has 0 radical (unpaired) electrons. The van der Waals surface area contributed by atoms with E-state index in [1.165, 1.54) is 13.5 Å². The molecule has 1 fully saturated rings. The summed E-state index contributed by atoms with van der Waals surface area (Å²) in [5.74, 6) is -0.139. The summed E-state index contributed by atoms with van der Waals surface area (Å²) in [7, 11) is 1.31. The van der Waals surface area contributed by atoms with Crippen molar-refractivity contribution in [2.45, 2.75) is 64.7 Å². The van der Waals surface area contributed by atoms with E-state index in [2.05, 4.69) is 18.8 Å². The molecule has 0 aromatic carbocycles. The lowest BCUT2D eigenvalue weighted by atomic mass is 9.98. The molecule has 2 N–H and O–H groups in total. The molecule has 2 heterocycles. The monoisotopic (exact) mass is 387 g/mol. The molecule has 1 aromatic heterocycles. The average Bonchev–Trinajstić information content (AvgIpc) is 3.05. The van der Waals surface area contributed by atoms with Crippen molar-refractivity contribution in [3.05, 3.63) is 22.9 Å². The Morgan fingerprint density at radius 2 is 2.04 bits per heavy atom. The largest absolute Gasteiger partial charge is 0.481 e. The van der Waals surface area contributed by atoms with Gasteiger partial charge in [-0.05, 0) is 37.3 Å². The Kier molecular flexibility index (Phi) is 7.08. The fourth-order valence-electron chi connectivity index (χ4n) is 3.54. The van der Waals surface area contributed by atoms with Crippen LogP contribution in [0, 0.1) is 5.92 Å². The van der Waals surface area contributed by atoms with E-state index >= 15 is 0 Å². The number of fused-ring (bicyclic) bond motifs is 1. The van der Waals surface area contributed by atoms with E-state index < -0.39 is 11.9 Å². The van der Waals surface area contributed by atoms with Crippen molar-refractivity contribution in [1.82, 2.24) is 9.88 Å². The van der Waals surface area contributed by atoms with Crippen molar-refractivity contribution < 1.29 is 22.7 Å². The second kappa shape index (κ2) is 8.91. The topological polar surface area (TPSA) is 68.5 Å². The number of nitrogens with two attached hydrogens (primary N) is 1. The summed E-state index contributed by atoms with van der Waals surface area (Å²) in [4.78, 5) is 17.8. The molecule has 1 unspecified atom stereocenters. The molecule has 27 heavy (non-hydrogen) atoms. The van der Waals surface area contributed by atoms with E-state index in [1.54, 1.807) is 4.90 Å². The first-order valence-corrected chi connectivity index (χ1v) is 9.39. The minimum absolute atomic E-state index is 0.00480. The third-order valence-corrected chi connectivity index (χ3v) is 4.79. The number of halogens is 3. The summed E-state index contributed by atoms with van der Waals surface area (Å²) in [6.07, 6.45) is -0.649. The molecule has 0 saturated heterocycles. The molecule has 1 amide bonds. The van der Waals surface area contributed by atoms with Crippen LogP contribution in [-0.4, -0.2) is 35.5 Å². The second-order valence-electron chi connectivity index (χ2n) is 7.14. The smallest absolute Gasteiger partial charge is 0.433 e. The average molecular weight is 387 g/mol. The summed E-state index contributed by atoms with van der Waals surface area (Å²) in [6, 6.07) is 1.06. The molecule has 2 aliphatic rings. The lowest BCUT2D eigenvalue weighted by molar-refractivity contribution is -0.141. The van der Waals surface area contributed by atoms with Crippen molar-refractivity contribution >= 4 is 5.91 Å². The Labute approximate surface area is 158 Å². The van der Waals surface area contributed by atoms with Gasteiger partial charge in [-0.1, -0.05) is 20.3 Å². The first-order valence-electron chi connectivity index (χ1n) is 9.39. The van der Waals surface area contributed by atoms with Gasteiger partial charge in [0, 0.05) is 30.6 Å². The number of aromatic nitrogens is 1. The third kappa shape index (κ3) is 5.12. The molecule has 1 saturated carbocycles. The highest BCUT2D eigenvalue weighted by Crippen LogP contribution is 2.35. The molecule has 152 valence electrons. The first kappa shape index (κ1) is 21.5. The van der Waals surface area contributed by atoms with E-state index in [0.717, 1.165) is 18.9 Å². The summed E-state index contributed by atoms with van der Waals surface area (Å²) in [5, 5.41) is 0. The predicted molar refractivity (Wildman–Crippen MR) is 96.2 cm³/mol. The Morgan fingerprint density at radius 3 is 2.56 bits per heavy atom. The zero-order chi connectivity index (χ0) is 20.2. The highest BCUT2D eigenvalue weighted by atomic mass is 19.4. The van der Waals surface area contributed by atoms with Gasteiger partial charge in [0.25, 0.3) is 0 Å². The number of pyridine rings is 1. The number of hydrogen-bond acceptors (Lipinski definition) is 4. The van der Waals surface area contributed by atoms with Gasteiger partial charge in [0.05, 0.1) is 7.11 Å². The SMILES string of the molecule is CCC.COc1nc(C(F)(F)F)cc2c1CCN(C(=O)[C@H]1CCC(N)C1)C2. The van der Waals surface area contributed by atoms with Gasteiger partial charge in [0.1, 0.15) is 5.69 Å². The van der Waals surface area contributed by atoms with Gasteiger partial charge in [-0.25, -0.2) is 4.98 Å². The van der Waals surface area contributed by atoms with Crippen molar-refractivity contribution in [3.63, 3.8) is 0 Å². The molecule has 0 spiro atoms. The van der Waals surface area contributed by atoms with Crippen molar-refractivity contribution in [2.75, 3.05) is 13.7 Å². The third-order valence-electron chi connectivity index (χ3n) is 4.79. The summed E-state index contributed by atoms with van der Waals surface area (Å²) < 4.78 is 44.0. The number of amides is 1. The molecule has 8 heteroatoms. The van der Waals surface area contributed by atoms with Gasteiger partial charge >= 0.3 is 6.18 Å². The maximum Gasteiger partial charge on any atom is 0.433 e. The molecular weight excluding hydrogens is 359 g/mol. The van der Waals surface area contributed by atoms with Crippen LogP contribution in [0.25, 0.3) is 0 Å². The molecular formula is C19H28F3N3O2. The zero-order valence-electron chi connectivity index (χ0n) is 16.1. The molecule has 5 nitrogen and oxygen atoms in total. The molecule has 1 aliphatic carbocycles. The van der Waals surface area contributed by atoms with Gasteiger partial charge in [-0.2, -0.15) is 13.2 Å². The number of carbonyl (C=O) groups excluding carboxylic acids is 1. The highest BCUT2D eigenvalue weighted by Gasteiger charge is 2.37. The maximum atomic E-state index is 13.0. The van der Waals surface area contributed by atoms with Gasteiger partial charge in [0.2, 0.25) is 11.8 Å². The maximum absolute atomic E-state index is 13.0. The van der Waals surface area contributed by atoms with Gasteiger partial charge < -0.3 is 15.4 Å². The normalized spacial score (nSPS) is 22.0. The van der Waals surface area contributed by atoms with Gasteiger partial charge in [-0.3, -0.25) is 4.79 Å². The minimum atomic E-state index is -4.55. The van der Waals surface area contributed by atoms with Crippen LogP contribution < -0.4 is 10.5 Å². The Balaban J connectivity index is 0.000000817. The molecule has 0 bridgehead atoms. The lowest BCUT2D eigenvalue weighted by Gasteiger charge is -2.31. The molecule has 1 aliphatic heterocycles. The molecule has 1 aromatic rings. The lowest BCUT2D eigenvalue weighted by Crippen LogP contribution is -2.40. The van der Waals surface area contributed by atoms with E-state index in [4.69, 9.17) is 10.5 Å². The molecule has 3 rings (SSSR count). The van der Waals surface area contributed by atoms with E-state index in [9.17, 15) is 18.0 Å². The van der Waals surface area contributed by atoms with Crippen molar-refractivity contribution in [3.8, 4) is 5.88 Å². The van der Waals surface area contributed by atoms with Crippen LogP contribution in [-0.2, 0) is 23.9 Å². The van der Waals surface area contributed by atoms with Crippen LogP contribution in [0.2, 0.25) is 0 Å². The van der Waals surface area contributed by atoms with Crippen LogP contribution in [0.4, 0.5) is 13.2 Å². The van der Waals surface area contributed by atoms with E-state index in [0.29, 0.717) is 30.5 Å². The van der Waals surface area contributed by atoms with Gasteiger partial charge in [-0.15, -0.1) is 0 Å². The number of rotatable bonds is 2. The second-order valence-corrected chi connectivity index (χ2v) is 7.14. The zero-order valence-corrected chi connectivity index (χ0v) is 16.1. The fraction of sp³-hybridized carbons (Fsp3) is 0.684. The number of alkyl halides is 3. The molecule has 2 atom stereocenters. The standard InChI is InChI=1S/C16H20F3N3O2.C3H8/c1-24-14-12-4-5-22(15(23)9-2-3-11(20)6-9)8-10(12)7-13(21-14)16(17,18)19;1-3-2/h7,9,11H,2-6,8,20H2,1H3;3H2,1-2H3/t9-,11?;/m0./s1. The Morgan fingerprint density at radius 1 is 1.37 bits per heavy atom. The van der Waals surface area contributed by atoms with Crippen molar-refractivity contribution in [1.29, 1.82) is 0 Å². The number of ether oxygens (including phenoxy) is 1. The highest BCUT2D eigenvalue weighted by molar-refractivity contribution is 5.79. The minimum Gasteiger partial charge on any atom is -0.481 e. The van der Waals surface area contributed by atoms with Crippen LogP contribution in [0.1, 0.15) is 56.4 Å². The summed E-state index contributed by atoms with van der Waals surface area (Å²) in [6.45, 7) is 4.86. The quantitative estimate of drug-likeness (QED) is 0.843. The van der Waals surface area contributed by atoms with Crippen LogP contribution >= 0.6 is 0 Å². The number of nitrogens with zero attached hydrogens (tertiary/aromatic N) is 2. The van der Waals surface area contributed by atoms with Gasteiger partial charge in [0.15, 0.2) is 0 Å². The first-order chi connectivity index (χ1) is 12.7. The summed E-state index contributed by atoms with van der Waals surface area (Å²) >= 11 is 0. The van der Waals surface area contributed by atoms with E-state index in [-0.39, 0.29) is 30.3 Å². The van der Waals surface area contributed by atoms with Crippen LogP contribution in [0.3, 0.4) is 0 Å². The number of hydrogen-bond donors (Lipinski definition) is 1. The fourth-order valence-corrected chi connectivity index (χ4v) is 3.54. The number of carbonyl (C=O) groups is 1. The van der Waals surface area contributed by atoms with E-state index in [1.807, 2.05) is 0 Å². The number of methoxy groups -OCH3 is 1. The Hall–Kier alpha value is -1.83. The summed E-state index contributed by atoms with van der Waals surface area (Å²) in [5.41, 5.74) is 5.97. The predicted octanol–water partition coefficient (Wildman–Crippen LogP) is 3.54. The van der Waals surface area contributed by atoms with Crippen LogP contribution in [0.15, 0.2) is 6.07 Å².